The molecule has 0 aromatic rings. The van der Waals surface area contributed by atoms with E-state index in [-0.39, 0.29) is 0 Å². The Labute approximate surface area is 86.7 Å². The first-order valence-electron chi connectivity index (χ1n) is 6.01. The van der Waals surface area contributed by atoms with E-state index in [2.05, 4.69) is 11.8 Å². The van der Waals surface area contributed by atoms with E-state index in [1.54, 1.807) is 0 Å². The average Bonchev–Trinajstić information content (AvgIpc) is 2.19. The Bertz CT molecular complexity index is 206. The minimum absolute atomic E-state index is 0.486. The minimum Gasteiger partial charge on any atom is -0.300 e. The summed E-state index contributed by atoms with van der Waals surface area (Å²) in [4.78, 5) is 13.9. The highest BCUT2D eigenvalue weighted by atomic mass is 16.1. The van der Waals surface area contributed by atoms with Gasteiger partial charge >= 0.3 is 0 Å². The van der Waals surface area contributed by atoms with Crippen molar-refractivity contribution >= 4 is 5.78 Å². The summed E-state index contributed by atoms with van der Waals surface area (Å²) in [6, 6.07) is 0.587. The van der Waals surface area contributed by atoms with E-state index in [1.165, 1.54) is 32.4 Å². The molecule has 1 atom stereocenters. The molecule has 0 radical (unpaired) electrons. The van der Waals surface area contributed by atoms with Crippen LogP contribution in [-0.2, 0) is 4.79 Å². The predicted molar refractivity (Wildman–Crippen MR) is 57.2 cm³/mol. The maximum atomic E-state index is 11.4. The maximum absolute atomic E-state index is 11.4. The molecule has 0 aromatic heterocycles. The Kier molecular flexibility index (Phi) is 3.22. The molecule has 0 spiro atoms. The summed E-state index contributed by atoms with van der Waals surface area (Å²) in [5.41, 5.74) is 0. The van der Waals surface area contributed by atoms with Crippen LogP contribution in [-0.4, -0.2) is 29.8 Å². The van der Waals surface area contributed by atoms with Gasteiger partial charge in [-0.15, -0.1) is 0 Å². The fraction of sp³-hybridized carbons (Fsp3) is 0.917. The largest absolute Gasteiger partial charge is 0.300 e. The number of carbonyl (C=O) groups excluding carboxylic acids is 1. The third kappa shape index (κ3) is 2.35. The monoisotopic (exact) mass is 195 g/mol. The van der Waals surface area contributed by atoms with Gasteiger partial charge in [0.1, 0.15) is 5.78 Å². The van der Waals surface area contributed by atoms with Gasteiger partial charge in [0.05, 0.1) is 0 Å². The lowest BCUT2D eigenvalue weighted by atomic mass is 9.90. The molecule has 2 nitrogen and oxygen atoms in total. The van der Waals surface area contributed by atoms with Crippen LogP contribution in [0, 0.1) is 5.92 Å². The first-order valence-corrected chi connectivity index (χ1v) is 6.01. The van der Waals surface area contributed by atoms with Gasteiger partial charge in [0.15, 0.2) is 0 Å². The van der Waals surface area contributed by atoms with E-state index in [4.69, 9.17) is 0 Å². The van der Waals surface area contributed by atoms with Crippen LogP contribution in [0.2, 0.25) is 0 Å². The van der Waals surface area contributed by atoms with Crippen LogP contribution in [0.1, 0.15) is 45.4 Å². The molecule has 0 N–H and O–H groups in total. The number of nitrogens with zero attached hydrogens (tertiary/aromatic N) is 1. The molecule has 0 bridgehead atoms. The van der Waals surface area contributed by atoms with Gasteiger partial charge in [0, 0.05) is 18.9 Å². The number of ketones is 1. The SMILES string of the molecule is CC1CCN(C2CCCC(=O)C2)CC1. The van der Waals surface area contributed by atoms with Crippen LogP contribution in [0.5, 0.6) is 0 Å². The zero-order chi connectivity index (χ0) is 9.97. The second-order valence-corrected chi connectivity index (χ2v) is 5.01. The van der Waals surface area contributed by atoms with Crippen molar-refractivity contribution in [2.75, 3.05) is 13.1 Å². The van der Waals surface area contributed by atoms with Crippen molar-refractivity contribution in [3.05, 3.63) is 0 Å². The van der Waals surface area contributed by atoms with Crippen molar-refractivity contribution < 1.29 is 4.79 Å². The number of hydrogen-bond acceptors (Lipinski definition) is 2. The molecule has 0 aromatic carbocycles. The number of Topliss-reactive ketones (excluding diaryl/α,β-unsaturated/α-hetero) is 1. The van der Waals surface area contributed by atoms with Crippen LogP contribution in [0.3, 0.4) is 0 Å². The molecular formula is C12H21NO. The van der Waals surface area contributed by atoms with Gasteiger partial charge in [-0.25, -0.2) is 0 Å². The summed E-state index contributed by atoms with van der Waals surface area (Å²) in [5.74, 6) is 1.38. The Hall–Kier alpha value is -0.370. The molecule has 14 heavy (non-hydrogen) atoms. The first kappa shape index (κ1) is 10.2. The number of piperidine rings is 1. The molecule has 1 aliphatic heterocycles. The molecule has 80 valence electrons. The first-order chi connectivity index (χ1) is 6.75. The Morgan fingerprint density at radius 3 is 2.57 bits per heavy atom. The summed E-state index contributed by atoms with van der Waals surface area (Å²) in [7, 11) is 0. The molecule has 1 aliphatic carbocycles. The molecule has 2 fully saturated rings. The van der Waals surface area contributed by atoms with Crippen LogP contribution >= 0.6 is 0 Å². The highest BCUT2D eigenvalue weighted by Crippen LogP contribution is 2.25. The fourth-order valence-electron chi connectivity index (χ4n) is 2.71. The van der Waals surface area contributed by atoms with Gasteiger partial charge in [-0.1, -0.05) is 6.92 Å². The smallest absolute Gasteiger partial charge is 0.134 e. The van der Waals surface area contributed by atoms with Crippen molar-refractivity contribution in [2.45, 2.75) is 51.5 Å². The summed E-state index contributed by atoms with van der Waals surface area (Å²) in [5, 5.41) is 0. The van der Waals surface area contributed by atoms with Crippen molar-refractivity contribution in [1.82, 2.24) is 4.90 Å². The van der Waals surface area contributed by atoms with E-state index in [0.717, 1.165) is 25.2 Å². The Morgan fingerprint density at radius 2 is 1.93 bits per heavy atom. The van der Waals surface area contributed by atoms with Crippen LogP contribution in [0.25, 0.3) is 0 Å². The molecule has 2 rings (SSSR count). The average molecular weight is 195 g/mol. The summed E-state index contributed by atoms with van der Waals surface area (Å²) in [6.45, 7) is 4.78. The van der Waals surface area contributed by atoms with Crippen LogP contribution in [0.4, 0.5) is 0 Å². The molecule has 2 heteroatoms. The standard InChI is InChI=1S/C12H21NO/c1-10-5-7-13(8-6-10)11-3-2-4-12(14)9-11/h10-11H,2-9H2,1H3. The minimum atomic E-state index is 0.486. The molecule has 1 heterocycles. The van der Waals surface area contributed by atoms with Crippen molar-refractivity contribution in [2.24, 2.45) is 5.92 Å². The summed E-state index contributed by atoms with van der Waals surface area (Å²) in [6.07, 6.45) is 6.68. The predicted octanol–water partition coefficient (Wildman–Crippen LogP) is 2.23. The van der Waals surface area contributed by atoms with Crippen LogP contribution in [0.15, 0.2) is 0 Å². The van der Waals surface area contributed by atoms with E-state index in [1.807, 2.05) is 0 Å². The van der Waals surface area contributed by atoms with Crippen molar-refractivity contribution in [3.8, 4) is 0 Å². The lowest BCUT2D eigenvalue weighted by Gasteiger charge is -2.38. The Balaban J connectivity index is 1.85. The molecule has 0 amide bonds. The van der Waals surface area contributed by atoms with E-state index in [0.29, 0.717) is 11.8 Å². The fourth-order valence-corrected chi connectivity index (χ4v) is 2.71. The molecule has 1 saturated carbocycles. The summed E-state index contributed by atoms with van der Waals surface area (Å²) < 4.78 is 0. The number of rotatable bonds is 1. The van der Waals surface area contributed by atoms with Gasteiger partial charge in [-0.05, 0) is 44.7 Å². The number of likely N-dealkylation sites (tertiary alicyclic amines) is 1. The van der Waals surface area contributed by atoms with Crippen LogP contribution < -0.4 is 0 Å². The van der Waals surface area contributed by atoms with E-state index in [9.17, 15) is 4.79 Å². The van der Waals surface area contributed by atoms with Crippen molar-refractivity contribution in [1.29, 1.82) is 0 Å². The highest BCUT2D eigenvalue weighted by molar-refractivity contribution is 5.79. The van der Waals surface area contributed by atoms with E-state index < -0.39 is 0 Å². The summed E-state index contributed by atoms with van der Waals surface area (Å²) >= 11 is 0. The quantitative estimate of drug-likeness (QED) is 0.639. The van der Waals surface area contributed by atoms with E-state index >= 15 is 0 Å². The lowest BCUT2D eigenvalue weighted by Crippen LogP contribution is -2.43. The normalized spacial score (nSPS) is 32.1. The van der Waals surface area contributed by atoms with Gasteiger partial charge in [0.25, 0.3) is 0 Å². The van der Waals surface area contributed by atoms with Gasteiger partial charge in [-0.3, -0.25) is 9.69 Å². The topological polar surface area (TPSA) is 20.3 Å². The number of carbonyl (C=O) groups is 1. The molecule has 2 aliphatic rings. The zero-order valence-corrected chi connectivity index (χ0v) is 9.17. The molecule has 1 unspecified atom stereocenters. The second-order valence-electron chi connectivity index (χ2n) is 5.01. The number of hydrogen-bond donors (Lipinski definition) is 0. The van der Waals surface area contributed by atoms with Crippen molar-refractivity contribution in [3.63, 3.8) is 0 Å². The van der Waals surface area contributed by atoms with Gasteiger partial charge in [-0.2, -0.15) is 0 Å². The lowest BCUT2D eigenvalue weighted by molar-refractivity contribution is -0.122. The zero-order valence-electron chi connectivity index (χ0n) is 9.17. The highest BCUT2D eigenvalue weighted by Gasteiger charge is 2.27. The third-order valence-electron chi connectivity index (χ3n) is 3.79. The maximum Gasteiger partial charge on any atom is 0.134 e. The molecule has 1 saturated heterocycles. The third-order valence-corrected chi connectivity index (χ3v) is 3.79. The molecular weight excluding hydrogens is 174 g/mol. The van der Waals surface area contributed by atoms with Gasteiger partial charge < -0.3 is 0 Å². The van der Waals surface area contributed by atoms with Gasteiger partial charge in [0.2, 0.25) is 0 Å². The Morgan fingerprint density at radius 1 is 1.21 bits per heavy atom. The second kappa shape index (κ2) is 4.43.